The fourth-order valence-electron chi connectivity index (χ4n) is 1.26. The molecule has 0 bridgehead atoms. The Kier molecular flexibility index (Phi) is 3.22. The van der Waals surface area contributed by atoms with Crippen molar-refractivity contribution in [3.05, 3.63) is 27.7 Å². The van der Waals surface area contributed by atoms with Crippen molar-refractivity contribution in [2.24, 2.45) is 0 Å². The van der Waals surface area contributed by atoms with Gasteiger partial charge in [0, 0.05) is 4.47 Å². The average molecular weight is 324 g/mol. The van der Waals surface area contributed by atoms with Crippen LogP contribution in [-0.4, -0.2) is 16.9 Å². The molecule has 0 saturated heterocycles. The molecule has 0 spiro atoms. The monoisotopic (exact) mass is 323 g/mol. The molecule has 0 saturated carbocycles. The highest BCUT2D eigenvalue weighted by atomic mass is 79.9. The van der Waals surface area contributed by atoms with Crippen LogP contribution in [0.15, 0.2) is 22.7 Å². The lowest BCUT2D eigenvalue weighted by Crippen LogP contribution is -2.24. The molecular formula is C10H5BrF3NOS. The van der Waals surface area contributed by atoms with Crippen molar-refractivity contribution in [3.63, 3.8) is 0 Å². The Labute approximate surface area is 107 Å². The molecule has 0 atom stereocenters. The molecule has 2 nitrogen and oxygen atoms in total. The number of hydrogen-bond acceptors (Lipinski definition) is 3. The summed E-state index contributed by atoms with van der Waals surface area (Å²) < 4.78 is 37.8. The van der Waals surface area contributed by atoms with Crippen LogP contribution in [0.1, 0.15) is 5.01 Å². The van der Waals surface area contributed by atoms with E-state index in [-0.39, 0.29) is 5.01 Å². The number of thiazole rings is 1. The molecule has 1 aromatic carbocycles. The van der Waals surface area contributed by atoms with Gasteiger partial charge in [0.25, 0.3) is 0 Å². The third-order valence-corrected chi connectivity index (χ3v) is 3.53. The second-order valence-electron chi connectivity index (χ2n) is 3.32. The van der Waals surface area contributed by atoms with Gasteiger partial charge >= 0.3 is 6.18 Å². The van der Waals surface area contributed by atoms with Crippen LogP contribution in [0.4, 0.5) is 13.2 Å². The van der Waals surface area contributed by atoms with Crippen molar-refractivity contribution in [2.45, 2.75) is 12.6 Å². The first kappa shape index (κ1) is 12.5. The molecule has 0 aliphatic heterocycles. The summed E-state index contributed by atoms with van der Waals surface area (Å²) in [6, 6.07) is 5.20. The molecule has 0 N–H and O–H groups in total. The van der Waals surface area contributed by atoms with Gasteiger partial charge in [-0.15, -0.1) is 11.3 Å². The molecule has 1 heterocycles. The highest BCUT2D eigenvalue weighted by Crippen LogP contribution is 2.27. The van der Waals surface area contributed by atoms with Gasteiger partial charge < -0.3 is 0 Å². The van der Waals surface area contributed by atoms with Crippen molar-refractivity contribution >= 4 is 43.3 Å². The first-order valence-corrected chi connectivity index (χ1v) is 6.12. The normalized spacial score (nSPS) is 12.0. The predicted octanol–water partition coefficient (Wildman–Crippen LogP) is 3.73. The first-order chi connectivity index (χ1) is 7.86. The van der Waals surface area contributed by atoms with E-state index in [1.807, 2.05) is 0 Å². The zero-order valence-corrected chi connectivity index (χ0v) is 10.6. The van der Waals surface area contributed by atoms with E-state index in [1.165, 1.54) is 0 Å². The Balaban J connectivity index is 2.29. The van der Waals surface area contributed by atoms with Gasteiger partial charge in [-0.25, -0.2) is 4.98 Å². The number of halogens is 4. The van der Waals surface area contributed by atoms with Crippen molar-refractivity contribution in [2.75, 3.05) is 0 Å². The topological polar surface area (TPSA) is 30.0 Å². The fraction of sp³-hybridized carbons (Fsp3) is 0.200. The minimum atomic E-state index is -4.79. The number of aromatic nitrogens is 1. The first-order valence-electron chi connectivity index (χ1n) is 4.51. The summed E-state index contributed by atoms with van der Waals surface area (Å²) in [6.45, 7) is 0. The number of fused-ring (bicyclic) bond motifs is 1. The Morgan fingerprint density at radius 2 is 2.12 bits per heavy atom. The number of Topliss-reactive ketones (excluding diaryl/α,β-unsaturated/α-hetero) is 1. The molecule has 0 aliphatic rings. The molecule has 0 aliphatic carbocycles. The van der Waals surface area contributed by atoms with Gasteiger partial charge in [-0.1, -0.05) is 15.9 Å². The van der Waals surface area contributed by atoms with Crippen LogP contribution in [-0.2, 0) is 11.2 Å². The third-order valence-electron chi connectivity index (χ3n) is 2.02. The van der Waals surface area contributed by atoms with E-state index < -0.39 is 18.4 Å². The van der Waals surface area contributed by atoms with Crippen molar-refractivity contribution in [1.82, 2.24) is 4.98 Å². The zero-order chi connectivity index (χ0) is 12.6. The van der Waals surface area contributed by atoms with E-state index in [0.29, 0.717) is 5.52 Å². The smallest absolute Gasteiger partial charge is 0.289 e. The van der Waals surface area contributed by atoms with E-state index in [0.717, 1.165) is 20.5 Å². The minimum Gasteiger partial charge on any atom is -0.289 e. The van der Waals surface area contributed by atoms with Crippen LogP contribution < -0.4 is 0 Å². The standard InChI is InChI=1S/C10H5BrF3NOS/c11-5-1-2-6-7(3-5)17-9(15-6)4-8(16)10(12,13)14/h1-3H,4H2. The Morgan fingerprint density at radius 1 is 1.41 bits per heavy atom. The highest BCUT2D eigenvalue weighted by molar-refractivity contribution is 9.10. The minimum absolute atomic E-state index is 0.181. The van der Waals surface area contributed by atoms with Crippen LogP contribution >= 0.6 is 27.3 Å². The van der Waals surface area contributed by atoms with Crippen LogP contribution in [0.5, 0.6) is 0 Å². The van der Waals surface area contributed by atoms with Crippen molar-refractivity contribution in [3.8, 4) is 0 Å². The SMILES string of the molecule is O=C(Cc1nc2ccc(Br)cc2s1)C(F)(F)F. The van der Waals surface area contributed by atoms with E-state index >= 15 is 0 Å². The molecule has 17 heavy (non-hydrogen) atoms. The largest absolute Gasteiger partial charge is 0.450 e. The fourth-order valence-corrected chi connectivity index (χ4v) is 2.78. The highest BCUT2D eigenvalue weighted by Gasteiger charge is 2.38. The molecule has 7 heteroatoms. The van der Waals surface area contributed by atoms with E-state index in [2.05, 4.69) is 20.9 Å². The van der Waals surface area contributed by atoms with E-state index in [1.54, 1.807) is 18.2 Å². The number of carbonyl (C=O) groups excluding carboxylic acids is 1. The maximum Gasteiger partial charge on any atom is 0.450 e. The van der Waals surface area contributed by atoms with E-state index in [9.17, 15) is 18.0 Å². The summed E-state index contributed by atoms with van der Waals surface area (Å²) in [6.07, 6.45) is -5.49. The maximum absolute atomic E-state index is 12.1. The summed E-state index contributed by atoms with van der Waals surface area (Å²) in [7, 11) is 0. The van der Waals surface area contributed by atoms with Gasteiger partial charge in [0.15, 0.2) is 0 Å². The maximum atomic E-state index is 12.1. The zero-order valence-electron chi connectivity index (χ0n) is 8.21. The van der Waals surface area contributed by atoms with Crippen LogP contribution in [0.2, 0.25) is 0 Å². The van der Waals surface area contributed by atoms with Crippen molar-refractivity contribution < 1.29 is 18.0 Å². The molecule has 90 valence electrons. The lowest BCUT2D eigenvalue weighted by atomic mass is 10.3. The molecule has 1 aromatic heterocycles. The Hall–Kier alpha value is -0.950. The molecule has 0 amide bonds. The van der Waals surface area contributed by atoms with E-state index in [4.69, 9.17) is 0 Å². The van der Waals surface area contributed by atoms with Crippen LogP contribution in [0, 0.1) is 0 Å². The molecule has 2 rings (SSSR count). The Morgan fingerprint density at radius 3 is 2.76 bits per heavy atom. The number of alkyl halides is 3. The summed E-state index contributed by atoms with van der Waals surface area (Å²) in [4.78, 5) is 14.8. The Bertz CT molecular complexity index is 578. The number of ketones is 1. The van der Waals surface area contributed by atoms with Crippen molar-refractivity contribution in [1.29, 1.82) is 0 Å². The second-order valence-corrected chi connectivity index (χ2v) is 5.35. The molecule has 2 aromatic rings. The van der Waals surface area contributed by atoms with Gasteiger partial charge in [0.05, 0.1) is 16.6 Å². The number of carbonyl (C=O) groups is 1. The van der Waals surface area contributed by atoms with Gasteiger partial charge in [-0.3, -0.25) is 4.79 Å². The molecule has 0 radical (unpaired) electrons. The van der Waals surface area contributed by atoms with Crippen LogP contribution in [0.3, 0.4) is 0 Å². The predicted molar refractivity (Wildman–Crippen MR) is 62.1 cm³/mol. The lowest BCUT2D eigenvalue weighted by Gasteiger charge is -2.01. The van der Waals surface area contributed by atoms with Gasteiger partial charge in [-0.05, 0) is 18.2 Å². The molecule has 0 fully saturated rings. The van der Waals surface area contributed by atoms with Gasteiger partial charge in [0.1, 0.15) is 5.01 Å². The molecular weight excluding hydrogens is 319 g/mol. The summed E-state index contributed by atoms with van der Waals surface area (Å²) in [5.41, 5.74) is 0.600. The molecule has 0 unspecified atom stereocenters. The summed E-state index contributed by atoms with van der Waals surface area (Å²) in [5.74, 6) is -1.77. The second kappa shape index (κ2) is 4.38. The third kappa shape index (κ3) is 2.84. The van der Waals surface area contributed by atoms with Gasteiger partial charge in [-0.2, -0.15) is 13.2 Å². The summed E-state index contributed by atoms with van der Waals surface area (Å²) >= 11 is 4.35. The number of benzene rings is 1. The van der Waals surface area contributed by atoms with Crippen LogP contribution in [0.25, 0.3) is 10.2 Å². The lowest BCUT2D eigenvalue weighted by molar-refractivity contribution is -0.170. The summed E-state index contributed by atoms with van der Waals surface area (Å²) in [5, 5.41) is 0.181. The average Bonchev–Trinajstić information content (AvgIpc) is 2.57. The van der Waals surface area contributed by atoms with Gasteiger partial charge in [0.2, 0.25) is 5.78 Å². The number of nitrogens with zero attached hydrogens (tertiary/aromatic N) is 1. The quantitative estimate of drug-likeness (QED) is 0.842. The number of hydrogen-bond donors (Lipinski definition) is 0. The number of rotatable bonds is 2.